The molecule has 0 unspecified atom stereocenters. The summed E-state index contributed by atoms with van der Waals surface area (Å²) < 4.78 is -0.450. The average Bonchev–Trinajstić information content (AvgIpc) is 2.76. The van der Waals surface area contributed by atoms with Crippen molar-refractivity contribution in [2.75, 3.05) is 26.2 Å². The molecule has 0 aromatic heterocycles. The van der Waals surface area contributed by atoms with Crippen LogP contribution in [0, 0.1) is 0 Å². The number of allylic oxidation sites excluding steroid dienone is 2. The minimum atomic E-state index is -1.18. The van der Waals surface area contributed by atoms with Gasteiger partial charge in [0.15, 0.2) is 19.6 Å². The number of carbonyl (C=O) groups is 3. The third-order valence-corrected chi connectivity index (χ3v) is 6.56. The summed E-state index contributed by atoms with van der Waals surface area (Å²) in [6.07, 6.45) is 26.5. The maximum absolute atomic E-state index is 11.2. The molecular weight excluding hydrogens is 446 g/mol. The van der Waals surface area contributed by atoms with Gasteiger partial charge in [-0.15, -0.1) is 0 Å². The second-order valence-corrected chi connectivity index (χ2v) is 10.1. The molecule has 0 aromatic rings. The van der Waals surface area contributed by atoms with Crippen LogP contribution in [0.25, 0.3) is 0 Å². The van der Waals surface area contributed by atoms with Crippen LogP contribution in [-0.2, 0) is 14.4 Å². The van der Waals surface area contributed by atoms with Gasteiger partial charge >= 0.3 is 17.9 Å². The number of hydrogen-bond acceptors (Lipinski definition) is 3. The first-order valence-electron chi connectivity index (χ1n) is 14.0. The van der Waals surface area contributed by atoms with Gasteiger partial charge in [0.25, 0.3) is 0 Å². The molecule has 35 heavy (non-hydrogen) atoms. The average molecular weight is 499 g/mol. The van der Waals surface area contributed by atoms with Gasteiger partial charge in [-0.2, -0.15) is 0 Å². The molecule has 0 atom stereocenters. The zero-order valence-corrected chi connectivity index (χ0v) is 22.2. The summed E-state index contributed by atoms with van der Waals surface area (Å²) in [4.78, 5) is 33.5. The molecule has 0 bridgehead atoms. The Morgan fingerprint density at radius 2 is 0.829 bits per heavy atom. The Balaban J connectivity index is 3.76. The summed E-state index contributed by atoms with van der Waals surface area (Å²) in [5, 5.41) is 27.4. The van der Waals surface area contributed by atoms with E-state index < -0.39 is 42.0 Å². The first-order chi connectivity index (χ1) is 16.8. The molecule has 0 saturated heterocycles. The molecule has 0 spiro atoms. The number of aliphatic carboxylic acids is 3. The summed E-state index contributed by atoms with van der Waals surface area (Å²) in [7, 11) is 0. The van der Waals surface area contributed by atoms with Crippen LogP contribution >= 0.6 is 0 Å². The zero-order chi connectivity index (χ0) is 26.2. The first kappa shape index (κ1) is 33.1. The molecule has 0 rings (SSSR count). The lowest BCUT2D eigenvalue weighted by molar-refractivity contribution is -0.907. The van der Waals surface area contributed by atoms with E-state index in [1.807, 2.05) is 0 Å². The number of rotatable bonds is 26. The number of nitrogens with zero attached hydrogens (tertiary/aromatic N) is 1. The van der Waals surface area contributed by atoms with E-state index in [1.165, 1.54) is 83.5 Å². The van der Waals surface area contributed by atoms with Gasteiger partial charge in [0.05, 0.1) is 6.54 Å². The lowest BCUT2D eigenvalue weighted by atomic mass is 10.0. The van der Waals surface area contributed by atoms with Crippen molar-refractivity contribution in [3.63, 3.8) is 0 Å². The number of carboxylic acid groups (broad SMARTS) is 3. The Morgan fingerprint density at radius 3 is 1.17 bits per heavy atom. The van der Waals surface area contributed by atoms with Crippen LogP contribution in [-0.4, -0.2) is 63.9 Å². The molecular formula is C28H52NO6+. The van der Waals surface area contributed by atoms with Crippen molar-refractivity contribution in [1.82, 2.24) is 0 Å². The maximum atomic E-state index is 11.2. The number of hydrogen-bond donors (Lipinski definition) is 3. The summed E-state index contributed by atoms with van der Waals surface area (Å²) >= 11 is 0. The second kappa shape index (κ2) is 22.6. The first-order valence-corrected chi connectivity index (χ1v) is 14.0. The minimum Gasteiger partial charge on any atom is -0.477 e. The van der Waals surface area contributed by atoms with Crippen LogP contribution in [0.2, 0.25) is 0 Å². The highest BCUT2D eigenvalue weighted by atomic mass is 16.4. The molecule has 0 aliphatic rings. The van der Waals surface area contributed by atoms with Gasteiger partial charge in [-0.25, -0.2) is 14.4 Å². The van der Waals surface area contributed by atoms with Gasteiger partial charge in [0.2, 0.25) is 0 Å². The van der Waals surface area contributed by atoms with E-state index in [0.717, 1.165) is 25.7 Å². The van der Waals surface area contributed by atoms with Crippen molar-refractivity contribution in [2.24, 2.45) is 0 Å². The molecule has 0 aliphatic carbocycles. The number of unbranched alkanes of at least 4 members (excludes halogenated alkanes) is 16. The SMILES string of the molecule is CCCCCCCCCCCCCCC/C=C/CCCCC[N+](CC(=O)O)(CC(=O)O)CC(=O)O. The highest BCUT2D eigenvalue weighted by Crippen LogP contribution is 2.14. The fraction of sp³-hybridized carbons (Fsp3) is 0.821. The molecule has 7 heteroatoms. The number of quaternary nitrogens is 1. The van der Waals surface area contributed by atoms with Gasteiger partial charge in [0.1, 0.15) is 0 Å². The molecule has 7 nitrogen and oxygen atoms in total. The van der Waals surface area contributed by atoms with Crippen LogP contribution in [0.3, 0.4) is 0 Å². The fourth-order valence-electron chi connectivity index (χ4n) is 4.67. The Kier molecular flexibility index (Phi) is 21.3. The molecule has 0 saturated carbocycles. The van der Waals surface area contributed by atoms with Crippen LogP contribution in [0.15, 0.2) is 12.2 Å². The van der Waals surface area contributed by atoms with Gasteiger partial charge in [-0.3, -0.25) is 4.48 Å². The third kappa shape index (κ3) is 22.3. The quantitative estimate of drug-likeness (QED) is 0.0699. The van der Waals surface area contributed by atoms with E-state index in [2.05, 4.69) is 19.1 Å². The second-order valence-electron chi connectivity index (χ2n) is 10.1. The van der Waals surface area contributed by atoms with Gasteiger partial charge in [0, 0.05) is 0 Å². The molecule has 0 heterocycles. The largest absolute Gasteiger partial charge is 0.477 e. The smallest absolute Gasteiger partial charge is 0.359 e. The summed E-state index contributed by atoms with van der Waals surface area (Å²) in [5.74, 6) is -3.53. The number of carboxylic acids is 3. The molecule has 0 aromatic carbocycles. The molecule has 0 aliphatic heterocycles. The van der Waals surface area contributed by atoms with Crippen molar-refractivity contribution in [3.8, 4) is 0 Å². The lowest BCUT2D eigenvalue weighted by Gasteiger charge is -2.34. The van der Waals surface area contributed by atoms with Crippen LogP contribution in [0.5, 0.6) is 0 Å². The van der Waals surface area contributed by atoms with Crippen molar-refractivity contribution in [2.45, 2.75) is 122 Å². The normalized spacial score (nSPS) is 11.8. The summed E-state index contributed by atoms with van der Waals surface area (Å²) in [6, 6.07) is 0. The van der Waals surface area contributed by atoms with E-state index in [0.29, 0.717) is 6.42 Å². The van der Waals surface area contributed by atoms with Gasteiger partial charge in [-0.05, 0) is 38.5 Å². The third-order valence-electron chi connectivity index (χ3n) is 6.56. The molecule has 204 valence electrons. The minimum absolute atomic E-state index is 0.244. The predicted octanol–water partition coefficient (Wildman–Crippen LogP) is 6.65. The predicted molar refractivity (Wildman–Crippen MR) is 141 cm³/mol. The van der Waals surface area contributed by atoms with Crippen molar-refractivity contribution in [1.29, 1.82) is 0 Å². The topological polar surface area (TPSA) is 112 Å². The van der Waals surface area contributed by atoms with Crippen LogP contribution < -0.4 is 0 Å². The van der Waals surface area contributed by atoms with Crippen LogP contribution in [0.4, 0.5) is 0 Å². The monoisotopic (exact) mass is 498 g/mol. The summed E-state index contributed by atoms with van der Waals surface area (Å²) in [6.45, 7) is 1.04. The Labute approximate surface area is 213 Å². The van der Waals surface area contributed by atoms with Gasteiger partial charge < -0.3 is 15.3 Å². The Morgan fingerprint density at radius 1 is 0.514 bits per heavy atom. The van der Waals surface area contributed by atoms with Crippen molar-refractivity contribution in [3.05, 3.63) is 12.2 Å². The molecule has 3 N–H and O–H groups in total. The summed E-state index contributed by atoms with van der Waals surface area (Å²) in [5.41, 5.74) is 0. The lowest BCUT2D eigenvalue weighted by Crippen LogP contribution is -2.57. The van der Waals surface area contributed by atoms with E-state index in [9.17, 15) is 14.4 Å². The highest BCUT2D eigenvalue weighted by Gasteiger charge is 2.35. The zero-order valence-electron chi connectivity index (χ0n) is 22.2. The van der Waals surface area contributed by atoms with E-state index in [1.54, 1.807) is 0 Å². The molecule has 0 amide bonds. The maximum Gasteiger partial charge on any atom is 0.359 e. The van der Waals surface area contributed by atoms with Gasteiger partial charge in [-0.1, -0.05) is 96.1 Å². The fourth-order valence-corrected chi connectivity index (χ4v) is 4.67. The van der Waals surface area contributed by atoms with Crippen molar-refractivity contribution >= 4 is 17.9 Å². The van der Waals surface area contributed by atoms with E-state index in [4.69, 9.17) is 15.3 Å². The molecule has 0 radical (unpaired) electrons. The molecule has 0 fully saturated rings. The standard InChI is InChI=1S/C28H51NO6/c1-2-3-4-5-6-7-8-9-10-11-12-13-14-15-16-17-18-19-20-21-22-29(23-26(30)31,24-27(32)33)25-28(34)35/h16-17H,2-15,18-25H2,1H3,(H2-,30,31,32,33,34,35)/p+1/b17-16+. The Hall–Kier alpha value is -1.89. The van der Waals surface area contributed by atoms with Crippen molar-refractivity contribution < 1.29 is 34.2 Å². The van der Waals surface area contributed by atoms with E-state index >= 15 is 0 Å². The van der Waals surface area contributed by atoms with Crippen LogP contribution in [0.1, 0.15) is 122 Å². The Bertz CT molecular complexity index is 549. The highest BCUT2D eigenvalue weighted by molar-refractivity contribution is 5.73. The van der Waals surface area contributed by atoms with E-state index in [-0.39, 0.29) is 6.54 Å².